The highest BCUT2D eigenvalue weighted by atomic mass is 35.5. The van der Waals surface area contributed by atoms with Gasteiger partial charge in [0.25, 0.3) is 0 Å². The van der Waals surface area contributed by atoms with Gasteiger partial charge < -0.3 is 20.3 Å². The minimum atomic E-state index is -0.167. The summed E-state index contributed by atoms with van der Waals surface area (Å²) in [6.07, 6.45) is 8.77. The summed E-state index contributed by atoms with van der Waals surface area (Å²) in [5.74, 6) is 0.691. The van der Waals surface area contributed by atoms with E-state index in [0.29, 0.717) is 18.0 Å². The highest BCUT2D eigenvalue weighted by molar-refractivity contribution is 5.94. The fourth-order valence-electron chi connectivity index (χ4n) is 5.42. The predicted octanol–water partition coefficient (Wildman–Crippen LogP) is 4.78. The molecule has 190 valence electrons. The second kappa shape index (κ2) is 11.7. The average molecular weight is 499 g/mol. The van der Waals surface area contributed by atoms with Crippen molar-refractivity contribution in [2.45, 2.75) is 64.1 Å². The zero-order valence-corrected chi connectivity index (χ0v) is 21.7. The van der Waals surface area contributed by atoms with Crippen LogP contribution in [-0.2, 0) is 0 Å². The van der Waals surface area contributed by atoms with Crippen LogP contribution in [0.15, 0.2) is 36.7 Å². The SMILES string of the molecule is CCCNc1ncc2c(-c3ccc(C(C)N4CCNCC4)cc3)cn(C3CCC(O)CC3)c2n1.Cl. The smallest absolute Gasteiger partial charge is 0.224 e. The van der Waals surface area contributed by atoms with Crippen molar-refractivity contribution >= 4 is 29.4 Å². The van der Waals surface area contributed by atoms with E-state index >= 15 is 0 Å². The highest BCUT2D eigenvalue weighted by Crippen LogP contribution is 2.37. The standard InChI is InChI=1S/C27H38N6O.ClH/c1-3-12-29-27-30-17-24-25(18-33(26(24)31-27)22-8-10-23(34)11-9-22)21-6-4-20(5-7-21)19(2)32-15-13-28-14-16-32;/h4-7,17-19,22-23,28,34H,3,8-16H2,1-2H3,(H,29,30,31);1H. The lowest BCUT2D eigenvalue weighted by Crippen LogP contribution is -2.44. The summed E-state index contributed by atoms with van der Waals surface area (Å²) in [7, 11) is 0. The van der Waals surface area contributed by atoms with Crippen molar-refractivity contribution in [3.8, 4) is 11.1 Å². The van der Waals surface area contributed by atoms with Gasteiger partial charge in [-0.1, -0.05) is 31.2 Å². The molecule has 0 amide bonds. The van der Waals surface area contributed by atoms with Crippen molar-refractivity contribution in [3.05, 3.63) is 42.2 Å². The molecular weight excluding hydrogens is 460 g/mol. The molecule has 1 saturated carbocycles. The normalized spacial score (nSPS) is 22.0. The number of hydrogen-bond donors (Lipinski definition) is 3. The molecule has 5 rings (SSSR count). The van der Waals surface area contributed by atoms with E-state index in [-0.39, 0.29) is 18.5 Å². The van der Waals surface area contributed by atoms with Gasteiger partial charge in [-0.15, -0.1) is 12.4 Å². The van der Waals surface area contributed by atoms with Crippen molar-refractivity contribution in [3.63, 3.8) is 0 Å². The van der Waals surface area contributed by atoms with Gasteiger partial charge in [0.1, 0.15) is 5.65 Å². The van der Waals surface area contributed by atoms with Gasteiger partial charge in [0, 0.05) is 68.2 Å². The lowest BCUT2D eigenvalue weighted by atomic mass is 9.93. The van der Waals surface area contributed by atoms with E-state index < -0.39 is 0 Å². The van der Waals surface area contributed by atoms with E-state index in [1.165, 1.54) is 16.7 Å². The van der Waals surface area contributed by atoms with Gasteiger partial charge >= 0.3 is 0 Å². The second-order valence-corrected chi connectivity index (χ2v) is 9.85. The summed E-state index contributed by atoms with van der Waals surface area (Å²) in [4.78, 5) is 12.1. The molecule has 2 aromatic heterocycles. The first kappa shape index (κ1) is 25.9. The van der Waals surface area contributed by atoms with Crippen LogP contribution in [0.5, 0.6) is 0 Å². The van der Waals surface area contributed by atoms with Gasteiger partial charge in [0.15, 0.2) is 0 Å². The molecule has 3 aromatic rings. The number of piperazine rings is 1. The molecule has 1 atom stereocenters. The average Bonchev–Trinajstić information content (AvgIpc) is 3.27. The third kappa shape index (κ3) is 5.64. The Morgan fingerprint density at radius 3 is 2.51 bits per heavy atom. The Morgan fingerprint density at radius 2 is 1.83 bits per heavy atom. The highest BCUT2D eigenvalue weighted by Gasteiger charge is 2.24. The molecule has 1 aliphatic carbocycles. The number of rotatable bonds is 7. The van der Waals surface area contributed by atoms with Gasteiger partial charge in [-0.3, -0.25) is 4.90 Å². The lowest BCUT2D eigenvalue weighted by Gasteiger charge is -2.33. The van der Waals surface area contributed by atoms with Crippen LogP contribution in [0, 0.1) is 0 Å². The Morgan fingerprint density at radius 1 is 1.11 bits per heavy atom. The molecule has 7 nitrogen and oxygen atoms in total. The fourth-order valence-corrected chi connectivity index (χ4v) is 5.42. The van der Waals surface area contributed by atoms with Crippen molar-refractivity contribution in [1.29, 1.82) is 0 Å². The van der Waals surface area contributed by atoms with Gasteiger partial charge in [-0.2, -0.15) is 4.98 Å². The molecule has 2 fully saturated rings. The third-order valence-electron chi connectivity index (χ3n) is 7.57. The van der Waals surface area contributed by atoms with Crippen LogP contribution in [0.3, 0.4) is 0 Å². The summed E-state index contributed by atoms with van der Waals surface area (Å²) in [5, 5.41) is 17.9. The van der Waals surface area contributed by atoms with E-state index in [4.69, 9.17) is 4.98 Å². The number of aliphatic hydroxyl groups excluding tert-OH is 1. The van der Waals surface area contributed by atoms with E-state index in [1.807, 2.05) is 6.20 Å². The van der Waals surface area contributed by atoms with E-state index in [9.17, 15) is 5.11 Å². The minimum Gasteiger partial charge on any atom is -0.393 e. The first-order valence-electron chi connectivity index (χ1n) is 13.0. The number of nitrogens with one attached hydrogen (secondary N) is 2. The second-order valence-electron chi connectivity index (χ2n) is 9.85. The summed E-state index contributed by atoms with van der Waals surface area (Å²) in [5.41, 5.74) is 4.74. The molecule has 0 spiro atoms. The zero-order chi connectivity index (χ0) is 23.5. The molecule has 2 aliphatic rings. The molecule has 3 heterocycles. The van der Waals surface area contributed by atoms with Crippen LogP contribution in [0.1, 0.15) is 63.6 Å². The molecule has 0 radical (unpaired) electrons. The van der Waals surface area contributed by atoms with Gasteiger partial charge in [-0.25, -0.2) is 4.98 Å². The third-order valence-corrected chi connectivity index (χ3v) is 7.57. The monoisotopic (exact) mass is 498 g/mol. The van der Waals surface area contributed by atoms with Crippen molar-refractivity contribution < 1.29 is 5.11 Å². The predicted molar refractivity (Wildman–Crippen MR) is 145 cm³/mol. The van der Waals surface area contributed by atoms with Gasteiger partial charge in [0.05, 0.1) is 6.10 Å². The maximum atomic E-state index is 10.0. The lowest BCUT2D eigenvalue weighted by molar-refractivity contribution is 0.111. The molecule has 1 saturated heterocycles. The number of aliphatic hydroxyl groups is 1. The fraction of sp³-hybridized carbons (Fsp3) is 0.556. The summed E-state index contributed by atoms with van der Waals surface area (Å²) >= 11 is 0. The molecule has 1 aromatic carbocycles. The van der Waals surface area contributed by atoms with E-state index in [0.717, 1.165) is 75.9 Å². The van der Waals surface area contributed by atoms with Crippen LogP contribution in [0.4, 0.5) is 5.95 Å². The molecule has 35 heavy (non-hydrogen) atoms. The number of anilines is 1. The molecule has 1 aliphatic heterocycles. The van der Waals surface area contributed by atoms with Gasteiger partial charge in [0.2, 0.25) is 5.95 Å². The number of aromatic nitrogens is 3. The Balaban J connectivity index is 0.00000289. The molecule has 1 unspecified atom stereocenters. The number of hydrogen-bond acceptors (Lipinski definition) is 6. The largest absolute Gasteiger partial charge is 0.393 e. The minimum absolute atomic E-state index is 0. The molecular formula is C27H39ClN6O. The number of fused-ring (bicyclic) bond motifs is 1. The summed E-state index contributed by atoms with van der Waals surface area (Å²) in [6, 6.07) is 9.84. The summed E-state index contributed by atoms with van der Waals surface area (Å²) < 4.78 is 2.34. The maximum Gasteiger partial charge on any atom is 0.224 e. The van der Waals surface area contributed by atoms with Crippen molar-refractivity contribution in [2.75, 3.05) is 38.0 Å². The van der Waals surface area contributed by atoms with Crippen LogP contribution in [0.2, 0.25) is 0 Å². The number of nitrogens with zero attached hydrogens (tertiary/aromatic N) is 4. The van der Waals surface area contributed by atoms with Crippen LogP contribution in [0.25, 0.3) is 22.2 Å². The first-order chi connectivity index (χ1) is 16.6. The topological polar surface area (TPSA) is 78.2 Å². The Hall–Kier alpha value is -2.19. The Kier molecular flexibility index (Phi) is 8.65. The van der Waals surface area contributed by atoms with Crippen LogP contribution < -0.4 is 10.6 Å². The first-order valence-corrected chi connectivity index (χ1v) is 13.0. The van der Waals surface area contributed by atoms with Crippen LogP contribution >= 0.6 is 12.4 Å². The molecule has 3 N–H and O–H groups in total. The van der Waals surface area contributed by atoms with Gasteiger partial charge in [-0.05, 0) is 50.2 Å². The summed E-state index contributed by atoms with van der Waals surface area (Å²) in [6.45, 7) is 9.64. The number of benzene rings is 1. The zero-order valence-electron chi connectivity index (χ0n) is 20.9. The quantitative estimate of drug-likeness (QED) is 0.435. The Bertz CT molecular complexity index is 1090. The van der Waals surface area contributed by atoms with E-state index in [1.54, 1.807) is 0 Å². The Labute approximate surface area is 214 Å². The number of halogens is 1. The maximum absolute atomic E-state index is 10.0. The molecule has 0 bridgehead atoms. The molecule has 8 heteroatoms. The van der Waals surface area contributed by atoms with Crippen molar-refractivity contribution in [2.24, 2.45) is 0 Å². The van der Waals surface area contributed by atoms with Crippen molar-refractivity contribution in [1.82, 2.24) is 24.8 Å². The van der Waals surface area contributed by atoms with Crippen LogP contribution in [-0.4, -0.2) is 63.4 Å². The van der Waals surface area contributed by atoms with E-state index in [2.05, 4.69) is 69.4 Å².